The molecule has 0 aliphatic rings. The number of rotatable bonds is 7. The molecule has 0 saturated heterocycles. The molecule has 7 nitrogen and oxygen atoms in total. The molecule has 1 unspecified atom stereocenters. The van der Waals surface area contributed by atoms with Gasteiger partial charge in [-0.05, 0) is 26.2 Å². The van der Waals surface area contributed by atoms with Crippen LogP contribution in [-0.2, 0) is 4.79 Å². The second-order valence-corrected chi connectivity index (χ2v) is 3.49. The van der Waals surface area contributed by atoms with E-state index in [2.05, 4.69) is 5.16 Å². The Labute approximate surface area is 136 Å². The van der Waals surface area contributed by atoms with Crippen molar-refractivity contribution in [1.82, 2.24) is 4.90 Å². The summed E-state index contributed by atoms with van der Waals surface area (Å²) < 4.78 is 0. The van der Waals surface area contributed by atoms with E-state index in [0.29, 0.717) is 31.6 Å². The van der Waals surface area contributed by atoms with Crippen LogP contribution < -0.4 is 5.73 Å². The van der Waals surface area contributed by atoms with E-state index < -0.39 is 12.0 Å². The largest absolute Gasteiger partial charge is 0.480 e. The van der Waals surface area contributed by atoms with Crippen molar-refractivity contribution >= 4 is 11.8 Å². The van der Waals surface area contributed by atoms with E-state index >= 15 is 0 Å². The van der Waals surface area contributed by atoms with Gasteiger partial charge in [0.2, 0.25) is 0 Å². The van der Waals surface area contributed by atoms with E-state index in [9.17, 15) is 4.79 Å². The summed E-state index contributed by atoms with van der Waals surface area (Å²) in [6.45, 7) is 1.83. The number of carboxylic acids is 1. The molecule has 5 N–H and O–H groups in total. The maximum atomic E-state index is 10.4. The molecule has 1 atom stereocenters. The average Bonchev–Trinajstić information content (AvgIpc) is 2.27. The van der Waals surface area contributed by atoms with Crippen LogP contribution in [0, 0.1) is 44.1 Å². The Hall–Kier alpha value is 0.102. The van der Waals surface area contributed by atoms with Crippen molar-refractivity contribution in [3.8, 4) is 0 Å². The summed E-state index contributed by atoms with van der Waals surface area (Å²) in [7, 11) is 0. The number of amidine groups is 1. The van der Waals surface area contributed by atoms with E-state index in [1.54, 1.807) is 6.92 Å². The van der Waals surface area contributed by atoms with Gasteiger partial charge in [0.1, 0.15) is 18.6 Å². The third-order valence-corrected chi connectivity index (χ3v) is 2.28. The fourth-order valence-electron chi connectivity index (χ4n) is 1.19. The molecule has 0 aromatic carbocycles. The first-order valence-electron chi connectivity index (χ1n) is 5.05. The molecule has 97 valence electrons. The molecule has 0 rings (SSSR count). The van der Waals surface area contributed by atoms with Crippen LogP contribution in [0.4, 0.5) is 0 Å². The van der Waals surface area contributed by atoms with Gasteiger partial charge in [0, 0.05) is 50.6 Å². The van der Waals surface area contributed by atoms with Gasteiger partial charge in [-0.25, -0.2) is 0 Å². The Morgan fingerprint density at radius 1 is 1.47 bits per heavy atom. The van der Waals surface area contributed by atoms with E-state index in [4.69, 9.17) is 21.2 Å². The molecule has 17 heavy (non-hydrogen) atoms. The SMILES string of the molecule is C/C(=N\O)N(CO)CCCCC(N)C(=O)O.[Ac]. The van der Waals surface area contributed by atoms with Crippen molar-refractivity contribution in [3.63, 3.8) is 0 Å². The number of aliphatic carboxylic acids is 1. The number of aliphatic hydroxyl groups excluding tert-OH is 1. The molecule has 0 saturated carbocycles. The fourth-order valence-corrected chi connectivity index (χ4v) is 1.19. The van der Waals surface area contributed by atoms with Gasteiger partial charge in [-0.15, -0.1) is 0 Å². The second-order valence-electron chi connectivity index (χ2n) is 3.49. The van der Waals surface area contributed by atoms with Crippen LogP contribution in [0.3, 0.4) is 0 Å². The minimum atomic E-state index is -1.01. The number of nitrogens with zero attached hydrogens (tertiary/aromatic N) is 2. The Morgan fingerprint density at radius 3 is 2.47 bits per heavy atom. The number of hydrogen-bond donors (Lipinski definition) is 4. The summed E-state index contributed by atoms with van der Waals surface area (Å²) in [6.07, 6.45) is 1.71. The van der Waals surface area contributed by atoms with Crippen LogP contribution in [0.1, 0.15) is 26.2 Å². The third kappa shape index (κ3) is 8.78. The van der Waals surface area contributed by atoms with Gasteiger partial charge in [-0.2, -0.15) is 0 Å². The molecular weight excluding hydrogens is 441 g/mol. The van der Waals surface area contributed by atoms with Crippen molar-refractivity contribution in [2.24, 2.45) is 10.9 Å². The summed E-state index contributed by atoms with van der Waals surface area (Å²) in [5.41, 5.74) is 5.33. The van der Waals surface area contributed by atoms with E-state index in [0.717, 1.165) is 0 Å². The molecule has 1 radical (unpaired) electrons. The monoisotopic (exact) mass is 460 g/mol. The van der Waals surface area contributed by atoms with Crippen molar-refractivity contribution < 1.29 is 64.3 Å². The molecule has 0 fully saturated rings. The molecule has 0 aromatic rings. The first kappa shape index (κ1) is 19.4. The molecule has 0 aliphatic heterocycles. The van der Waals surface area contributed by atoms with Gasteiger partial charge in [0.15, 0.2) is 0 Å². The van der Waals surface area contributed by atoms with Crippen molar-refractivity contribution in [2.75, 3.05) is 13.3 Å². The number of unbranched alkanes of at least 4 members (excludes halogenated alkanes) is 1. The Balaban J connectivity index is 0. The molecule has 0 spiro atoms. The minimum absolute atomic E-state index is 0. The van der Waals surface area contributed by atoms with Crippen LogP contribution in [0.2, 0.25) is 0 Å². The summed E-state index contributed by atoms with van der Waals surface area (Å²) in [6, 6.07) is -0.838. The second kappa shape index (κ2) is 11.2. The van der Waals surface area contributed by atoms with Gasteiger partial charge < -0.3 is 26.1 Å². The number of carbonyl (C=O) groups is 1. The minimum Gasteiger partial charge on any atom is -0.480 e. The normalized spacial score (nSPS) is 12.8. The fraction of sp³-hybridized carbons (Fsp3) is 0.778. The van der Waals surface area contributed by atoms with Crippen LogP contribution >= 0.6 is 0 Å². The molecule has 0 amide bonds. The van der Waals surface area contributed by atoms with Gasteiger partial charge >= 0.3 is 5.97 Å². The predicted molar refractivity (Wildman–Crippen MR) is 58.1 cm³/mol. The van der Waals surface area contributed by atoms with Crippen molar-refractivity contribution in [3.05, 3.63) is 0 Å². The van der Waals surface area contributed by atoms with Gasteiger partial charge in [0.05, 0.1) is 0 Å². The quantitative estimate of drug-likeness (QED) is 0.103. The van der Waals surface area contributed by atoms with E-state index in [-0.39, 0.29) is 50.8 Å². The van der Waals surface area contributed by atoms with E-state index in [1.165, 1.54) is 4.90 Å². The number of nitrogens with two attached hydrogens (primary N) is 1. The summed E-state index contributed by atoms with van der Waals surface area (Å²) in [4.78, 5) is 11.9. The predicted octanol–water partition coefficient (Wildman–Crippen LogP) is -0.372. The molecule has 0 aromatic heterocycles. The molecule has 0 aliphatic carbocycles. The third-order valence-electron chi connectivity index (χ3n) is 2.28. The molecule has 0 heterocycles. The molecule has 0 bridgehead atoms. The molecular formula is C9H19AcN3O4. The van der Waals surface area contributed by atoms with Crippen LogP contribution in [-0.4, -0.2) is 51.4 Å². The first-order valence-corrected chi connectivity index (χ1v) is 5.05. The Kier molecular flexibility index (Phi) is 12.8. The zero-order chi connectivity index (χ0) is 12.6. The number of oxime groups is 1. The topological polar surface area (TPSA) is 119 Å². The van der Waals surface area contributed by atoms with Gasteiger partial charge in [-0.1, -0.05) is 5.16 Å². The Bertz CT molecular complexity index is 250. The van der Waals surface area contributed by atoms with Crippen LogP contribution in [0.5, 0.6) is 0 Å². The summed E-state index contributed by atoms with van der Waals surface area (Å²) in [5.74, 6) is -0.683. The maximum absolute atomic E-state index is 10.4. The van der Waals surface area contributed by atoms with Crippen LogP contribution in [0.15, 0.2) is 5.16 Å². The average molecular weight is 460 g/mol. The van der Waals surface area contributed by atoms with Gasteiger partial charge in [0.25, 0.3) is 0 Å². The standard InChI is InChI=1S/C9H19N3O4.Ac/c1-7(11-16)12(6-13)5-3-2-4-8(10)9(14)15;/h8,13,16H,2-6,10H2,1H3,(H,14,15);/b11-7+;. The van der Waals surface area contributed by atoms with E-state index in [1.807, 2.05) is 0 Å². The number of aliphatic hydroxyl groups is 1. The maximum Gasteiger partial charge on any atom is 0.320 e. The summed E-state index contributed by atoms with van der Waals surface area (Å²) >= 11 is 0. The number of carboxylic acid groups (broad SMARTS) is 1. The zero-order valence-corrected chi connectivity index (χ0v) is 14.7. The first-order chi connectivity index (χ1) is 7.52. The van der Waals surface area contributed by atoms with Crippen LogP contribution in [0.25, 0.3) is 0 Å². The smallest absolute Gasteiger partial charge is 0.320 e. The van der Waals surface area contributed by atoms with Crippen molar-refractivity contribution in [2.45, 2.75) is 32.2 Å². The Morgan fingerprint density at radius 2 is 2.06 bits per heavy atom. The van der Waals surface area contributed by atoms with Gasteiger partial charge in [-0.3, -0.25) is 4.79 Å². The molecule has 8 heteroatoms. The number of hydrogen-bond acceptors (Lipinski definition) is 5. The summed E-state index contributed by atoms with van der Waals surface area (Å²) in [5, 5.41) is 28.9. The zero-order valence-electron chi connectivity index (χ0n) is 9.91. The van der Waals surface area contributed by atoms with Crippen molar-refractivity contribution in [1.29, 1.82) is 0 Å².